The highest BCUT2D eigenvalue weighted by molar-refractivity contribution is 7.54. The first-order valence-corrected chi connectivity index (χ1v) is 10.5. The average molecular weight is 451 g/mol. The standard InChI is InChI=1S/C16H17F3N3O7P/c1-3-28-30(27,29-4-2)11-6-5-8-12(22(25)26)9(16(17,18)19)7-10-13(8)21(11)15(24)14(23)20-10/h7,11H,3-6H2,1-2H3,(H,20,23). The number of alkyl halides is 3. The molecule has 30 heavy (non-hydrogen) atoms. The fourth-order valence-corrected chi connectivity index (χ4v) is 5.78. The molecular formula is C16H17F3N3O7P. The Hall–Kier alpha value is -2.50. The first-order chi connectivity index (χ1) is 14.0. The van der Waals surface area contributed by atoms with Crippen LogP contribution in [0.3, 0.4) is 0 Å². The van der Waals surface area contributed by atoms with Crippen molar-refractivity contribution in [1.82, 2.24) is 9.55 Å². The Kier molecular flexibility index (Phi) is 5.65. The average Bonchev–Trinajstić information content (AvgIpc) is 2.64. The van der Waals surface area contributed by atoms with E-state index in [0.29, 0.717) is 10.6 Å². The summed E-state index contributed by atoms with van der Waals surface area (Å²) in [5.41, 5.74) is -6.35. The minimum absolute atomic E-state index is 0.0606. The van der Waals surface area contributed by atoms with E-state index in [9.17, 15) is 37.4 Å². The quantitative estimate of drug-likeness (QED) is 0.308. The molecule has 3 rings (SSSR count). The highest BCUT2D eigenvalue weighted by Gasteiger charge is 2.46. The molecule has 1 aliphatic rings. The van der Waals surface area contributed by atoms with Crippen molar-refractivity contribution in [3.63, 3.8) is 0 Å². The van der Waals surface area contributed by atoms with Crippen molar-refractivity contribution in [1.29, 1.82) is 0 Å². The van der Waals surface area contributed by atoms with Crippen LogP contribution >= 0.6 is 7.60 Å². The number of aryl methyl sites for hydroxylation is 1. The number of nitro benzene ring substituents is 1. The Morgan fingerprint density at radius 3 is 2.40 bits per heavy atom. The van der Waals surface area contributed by atoms with Gasteiger partial charge in [0.05, 0.1) is 34.7 Å². The van der Waals surface area contributed by atoms with Crippen LogP contribution in [0.1, 0.15) is 37.2 Å². The van der Waals surface area contributed by atoms with Gasteiger partial charge in [0.15, 0.2) is 0 Å². The van der Waals surface area contributed by atoms with Gasteiger partial charge < -0.3 is 14.0 Å². The molecule has 0 bridgehead atoms. The van der Waals surface area contributed by atoms with E-state index in [-0.39, 0.29) is 37.1 Å². The van der Waals surface area contributed by atoms with Crippen LogP contribution in [0.2, 0.25) is 0 Å². The van der Waals surface area contributed by atoms with Crippen molar-refractivity contribution in [2.24, 2.45) is 0 Å². The first-order valence-electron chi connectivity index (χ1n) is 8.91. The van der Waals surface area contributed by atoms with E-state index in [4.69, 9.17) is 9.05 Å². The number of aromatic amines is 1. The number of benzene rings is 1. The summed E-state index contributed by atoms with van der Waals surface area (Å²) >= 11 is 0. The van der Waals surface area contributed by atoms with E-state index in [2.05, 4.69) is 0 Å². The molecule has 2 heterocycles. The lowest BCUT2D eigenvalue weighted by Crippen LogP contribution is -2.41. The van der Waals surface area contributed by atoms with E-state index in [0.717, 1.165) is 0 Å². The molecular weight excluding hydrogens is 434 g/mol. The summed E-state index contributed by atoms with van der Waals surface area (Å²) in [6, 6.07) is 0.406. The van der Waals surface area contributed by atoms with E-state index in [1.807, 2.05) is 4.98 Å². The zero-order chi connectivity index (χ0) is 22.4. The molecule has 0 fully saturated rings. The summed E-state index contributed by atoms with van der Waals surface area (Å²) in [4.78, 5) is 37.1. The van der Waals surface area contributed by atoms with Gasteiger partial charge in [-0.05, 0) is 32.8 Å². The molecule has 164 valence electrons. The summed E-state index contributed by atoms with van der Waals surface area (Å²) in [7, 11) is -4.02. The van der Waals surface area contributed by atoms with Crippen molar-refractivity contribution in [2.75, 3.05) is 13.2 Å². The summed E-state index contributed by atoms with van der Waals surface area (Å²) in [6.07, 6.45) is -5.64. The lowest BCUT2D eigenvalue weighted by Gasteiger charge is -2.32. The third kappa shape index (κ3) is 3.46. The third-order valence-electron chi connectivity index (χ3n) is 4.69. The van der Waals surface area contributed by atoms with Crippen LogP contribution in [0.25, 0.3) is 11.0 Å². The van der Waals surface area contributed by atoms with Crippen molar-refractivity contribution in [3.8, 4) is 0 Å². The summed E-state index contributed by atoms with van der Waals surface area (Å²) < 4.78 is 64.9. The van der Waals surface area contributed by atoms with Crippen LogP contribution < -0.4 is 11.1 Å². The van der Waals surface area contributed by atoms with Gasteiger partial charge in [0.2, 0.25) is 0 Å². The van der Waals surface area contributed by atoms with E-state index >= 15 is 0 Å². The predicted octanol–water partition coefficient (Wildman–Crippen LogP) is 3.33. The SMILES string of the molecule is CCOP(=O)(OCC)C1CCc2c([N+](=O)[O-])c(C(F)(F)F)cc3[nH]c(=O)c(=O)n1c23. The normalized spacial score (nSPS) is 16.8. The monoisotopic (exact) mass is 451 g/mol. The van der Waals surface area contributed by atoms with Gasteiger partial charge >= 0.3 is 24.9 Å². The van der Waals surface area contributed by atoms with Crippen LogP contribution in [0.5, 0.6) is 0 Å². The van der Waals surface area contributed by atoms with Gasteiger partial charge in [0.25, 0.3) is 5.69 Å². The van der Waals surface area contributed by atoms with Gasteiger partial charge in [0.1, 0.15) is 11.3 Å². The number of aromatic nitrogens is 2. The zero-order valence-corrected chi connectivity index (χ0v) is 16.7. The number of nitrogens with one attached hydrogen (secondary N) is 1. The second-order valence-corrected chi connectivity index (χ2v) is 8.62. The fourth-order valence-electron chi connectivity index (χ4n) is 3.69. The van der Waals surface area contributed by atoms with Crippen LogP contribution in [0, 0.1) is 10.1 Å². The number of halogens is 3. The van der Waals surface area contributed by atoms with Crippen LogP contribution in [0.4, 0.5) is 18.9 Å². The molecule has 1 aliphatic heterocycles. The lowest BCUT2D eigenvalue weighted by molar-refractivity contribution is -0.388. The van der Waals surface area contributed by atoms with Gasteiger partial charge in [-0.1, -0.05) is 0 Å². The largest absolute Gasteiger partial charge is 0.423 e. The molecule has 0 aliphatic carbocycles. The molecule has 0 saturated carbocycles. The maximum absolute atomic E-state index is 13.5. The Morgan fingerprint density at radius 2 is 1.90 bits per heavy atom. The second kappa shape index (κ2) is 7.64. The van der Waals surface area contributed by atoms with Gasteiger partial charge in [0, 0.05) is 0 Å². The molecule has 1 atom stereocenters. The molecule has 1 aromatic heterocycles. The summed E-state index contributed by atoms with van der Waals surface area (Å²) in [6.45, 7) is 2.93. The Bertz CT molecular complexity index is 1180. The van der Waals surface area contributed by atoms with Crippen molar-refractivity contribution in [3.05, 3.63) is 48.0 Å². The number of nitrogens with zero attached hydrogens (tertiary/aromatic N) is 2. The lowest BCUT2D eigenvalue weighted by atomic mass is 9.97. The minimum Gasteiger partial charge on any atom is -0.316 e. The number of nitro groups is 1. The van der Waals surface area contributed by atoms with Crippen LogP contribution in [-0.4, -0.2) is 27.7 Å². The Morgan fingerprint density at radius 1 is 1.30 bits per heavy atom. The van der Waals surface area contributed by atoms with Crippen molar-refractivity contribution < 1.29 is 31.7 Å². The van der Waals surface area contributed by atoms with E-state index < -0.39 is 52.4 Å². The highest BCUT2D eigenvalue weighted by Crippen LogP contribution is 2.62. The van der Waals surface area contributed by atoms with Gasteiger partial charge in [-0.25, -0.2) is 0 Å². The van der Waals surface area contributed by atoms with Crippen molar-refractivity contribution in [2.45, 2.75) is 38.6 Å². The summed E-state index contributed by atoms with van der Waals surface area (Å²) in [5.74, 6) is -1.32. The second-order valence-electron chi connectivity index (χ2n) is 6.43. The zero-order valence-electron chi connectivity index (χ0n) is 15.8. The van der Waals surface area contributed by atoms with Crippen molar-refractivity contribution >= 4 is 24.3 Å². The molecule has 0 saturated heterocycles. The summed E-state index contributed by atoms with van der Waals surface area (Å²) in [5, 5.41) is 11.5. The molecule has 1 N–H and O–H groups in total. The molecule has 0 spiro atoms. The molecule has 0 amide bonds. The maximum Gasteiger partial charge on any atom is 0.423 e. The third-order valence-corrected chi connectivity index (χ3v) is 7.15. The first kappa shape index (κ1) is 22.2. The number of H-pyrrole nitrogens is 1. The minimum atomic E-state index is -5.08. The Balaban J connectivity index is 2.48. The maximum atomic E-state index is 13.5. The fraction of sp³-hybridized carbons (Fsp3) is 0.500. The number of rotatable bonds is 6. The highest BCUT2D eigenvalue weighted by atomic mass is 31.2. The number of hydrogen-bond acceptors (Lipinski definition) is 7. The van der Waals surface area contributed by atoms with E-state index in [1.54, 1.807) is 0 Å². The van der Waals surface area contributed by atoms with E-state index in [1.165, 1.54) is 13.8 Å². The van der Waals surface area contributed by atoms with Crippen LogP contribution in [-0.2, 0) is 26.2 Å². The molecule has 0 radical (unpaired) electrons. The van der Waals surface area contributed by atoms with Gasteiger partial charge in [-0.15, -0.1) is 0 Å². The molecule has 10 nitrogen and oxygen atoms in total. The van der Waals surface area contributed by atoms with Gasteiger partial charge in [-0.3, -0.25) is 28.8 Å². The Labute approximate surface area is 166 Å². The smallest absolute Gasteiger partial charge is 0.316 e. The molecule has 2 aromatic rings. The number of hydrogen-bond donors (Lipinski definition) is 1. The molecule has 1 unspecified atom stereocenters. The molecule has 1 aromatic carbocycles. The predicted molar refractivity (Wildman–Crippen MR) is 98.7 cm³/mol. The topological polar surface area (TPSA) is 134 Å². The molecule has 14 heteroatoms. The van der Waals surface area contributed by atoms with Gasteiger partial charge in [-0.2, -0.15) is 13.2 Å². The van der Waals surface area contributed by atoms with Crippen LogP contribution in [0.15, 0.2) is 15.7 Å².